The Balaban J connectivity index is 2.26. The first kappa shape index (κ1) is 12.3. The number of hydrogen-bond acceptors (Lipinski definition) is 5. The van der Waals surface area contributed by atoms with Crippen LogP contribution in [0.15, 0.2) is 16.6 Å². The standard InChI is InChI=1S/C11H13BrN2O3/c1-16-11(15)10-8(12)2-3-9(13-10)14-4-6-17-7-5-14/h2-3H,4-7H2,1H3. The molecule has 1 aromatic heterocycles. The summed E-state index contributed by atoms with van der Waals surface area (Å²) >= 11 is 3.29. The zero-order valence-corrected chi connectivity index (χ0v) is 11.1. The zero-order chi connectivity index (χ0) is 12.3. The number of methoxy groups -OCH3 is 1. The summed E-state index contributed by atoms with van der Waals surface area (Å²) in [6.07, 6.45) is 0. The number of carbonyl (C=O) groups is 1. The molecule has 0 bridgehead atoms. The second-order valence-corrected chi connectivity index (χ2v) is 4.45. The Morgan fingerprint density at radius 1 is 1.47 bits per heavy atom. The Morgan fingerprint density at radius 2 is 2.18 bits per heavy atom. The summed E-state index contributed by atoms with van der Waals surface area (Å²) in [5, 5.41) is 0. The Hall–Kier alpha value is -1.14. The van der Waals surface area contributed by atoms with Crippen molar-refractivity contribution in [3.63, 3.8) is 0 Å². The summed E-state index contributed by atoms with van der Waals surface area (Å²) in [6.45, 7) is 2.95. The molecule has 5 nitrogen and oxygen atoms in total. The van der Waals surface area contributed by atoms with E-state index in [1.807, 2.05) is 12.1 Å². The molecular weight excluding hydrogens is 288 g/mol. The Morgan fingerprint density at radius 3 is 2.82 bits per heavy atom. The minimum absolute atomic E-state index is 0.302. The van der Waals surface area contributed by atoms with Crippen LogP contribution in [-0.4, -0.2) is 44.4 Å². The molecule has 0 spiro atoms. The molecule has 0 N–H and O–H groups in total. The van der Waals surface area contributed by atoms with Gasteiger partial charge in [-0.1, -0.05) is 0 Å². The van der Waals surface area contributed by atoms with Gasteiger partial charge in [0.15, 0.2) is 5.69 Å². The fraction of sp³-hybridized carbons (Fsp3) is 0.455. The van der Waals surface area contributed by atoms with Gasteiger partial charge < -0.3 is 14.4 Å². The summed E-state index contributed by atoms with van der Waals surface area (Å²) in [4.78, 5) is 17.9. The third-order valence-electron chi connectivity index (χ3n) is 2.55. The van der Waals surface area contributed by atoms with Gasteiger partial charge in [0, 0.05) is 13.1 Å². The van der Waals surface area contributed by atoms with Crippen molar-refractivity contribution < 1.29 is 14.3 Å². The lowest BCUT2D eigenvalue weighted by atomic mass is 10.3. The maximum absolute atomic E-state index is 11.5. The molecule has 0 unspecified atom stereocenters. The molecule has 0 aliphatic carbocycles. The summed E-state index contributed by atoms with van der Waals surface area (Å²) in [7, 11) is 1.35. The lowest BCUT2D eigenvalue weighted by Crippen LogP contribution is -2.37. The molecule has 1 aliphatic heterocycles. The van der Waals surface area contributed by atoms with Crippen molar-refractivity contribution in [3.8, 4) is 0 Å². The van der Waals surface area contributed by atoms with E-state index in [1.54, 1.807) is 0 Å². The van der Waals surface area contributed by atoms with Crippen LogP contribution < -0.4 is 4.90 Å². The number of morpholine rings is 1. The smallest absolute Gasteiger partial charge is 0.357 e. The molecule has 1 saturated heterocycles. The predicted molar refractivity (Wildman–Crippen MR) is 66.3 cm³/mol. The predicted octanol–water partition coefficient (Wildman–Crippen LogP) is 1.47. The molecule has 2 heterocycles. The lowest BCUT2D eigenvalue weighted by molar-refractivity contribution is 0.0593. The SMILES string of the molecule is COC(=O)c1nc(N2CCOCC2)ccc1Br. The van der Waals surface area contributed by atoms with E-state index in [0.717, 1.165) is 18.9 Å². The topological polar surface area (TPSA) is 51.7 Å². The lowest BCUT2D eigenvalue weighted by Gasteiger charge is -2.28. The van der Waals surface area contributed by atoms with Crippen LogP contribution in [0.25, 0.3) is 0 Å². The molecular formula is C11H13BrN2O3. The maximum atomic E-state index is 11.5. The van der Waals surface area contributed by atoms with E-state index in [0.29, 0.717) is 23.4 Å². The fourth-order valence-electron chi connectivity index (χ4n) is 1.64. The van der Waals surface area contributed by atoms with E-state index < -0.39 is 5.97 Å². The van der Waals surface area contributed by atoms with E-state index >= 15 is 0 Å². The molecule has 1 aliphatic rings. The highest BCUT2D eigenvalue weighted by Crippen LogP contribution is 2.21. The van der Waals surface area contributed by atoms with Crippen molar-refractivity contribution in [2.24, 2.45) is 0 Å². The molecule has 0 aromatic carbocycles. The molecule has 0 saturated carbocycles. The number of nitrogens with zero attached hydrogens (tertiary/aromatic N) is 2. The summed E-state index contributed by atoms with van der Waals surface area (Å²) < 4.78 is 10.6. The number of esters is 1. The van der Waals surface area contributed by atoms with Crippen LogP contribution in [0.5, 0.6) is 0 Å². The number of carbonyl (C=O) groups excluding carboxylic acids is 1. The maximum Gasteiger partial charge on any atom is 0.357 e. The van der Waals surface area contributed by atoms with E-state index in [4.69, 9.17) is 4.74 Å². The first-order chi connectivity index (χ1) is 8.22. The Bertz CT molecular complexity index is 419. The largest absolute Gasteiger partial charge is 0.464 e. The third kappa shape index (κ3) is 2.76. The first-order valence-electron chi connectivity index (χ1n) is 5.30. The quantitative estimate of drug-likeness (QED) is 0.774. The number of pyridine rings is 1. The number of hydrogen-bond donors (Lipinski definition) is 0. The van der Waals surface area contributed by atoms with Crippen LogP contribution in [0.4, 0.5) is 5.82 Å². The molecule has 0 atom stereocenters. The zero-order valence-electron chi connectivity index (χ0n) is 9.48. The van der Waals surface area contributed by atoms with Gasteiger partial charge in [0.2, 0.25) is 0 Å². The van der Waals surface area contributed by atoms with Crippen LogP contribution in [0.3, 0.4) is 0 Å². The molecule has 0 amide bonds. The first-order valence-corrected chi connectivity index (χ1v) is 6.09. The average Bonchev–Trinajstić information content (AvgIpc) is 2.39. The number of halogens is 1. The highest BCUT2D eigenvalue weighted by Gasteiger charge is 2.17. The molecule has 1 fully saturated rings. The summed E-state index contributed by atoms with van der Waals surface area (Å²) in [5.74, 6) is 0.337. The van der Waals surface area contributed by atoms with Gasteiger partial charge in [-0.3, -0.25) is 0 Å². The molecule has 1 aromatic rings. The van der Waals surface area contributed by atoms with Crippen LogP contribution in [0, 0.1) is 0 Å². The van der Waals surface area contributed by atoms with Crippen molar-refractivity contribution >= 4 is 27.7 Å². The third-order valence-corrected chi connectivity index (χ3v) is 3.19. The summed E-state index contributed by atoms with van der Waals surface area (Å²) in [5.41, 5.74) is 0.302. The van der Waals surface area contributed by atoms with Crippen molar-refractivity contribution in [2.45, 2.75) is 0 Å². The van der Waals surface area contributed by atoms with Crippen LogP contribution in [-0.2, 0) is 9.47 Å². The van der Waals surface area contributed by atoms with Crippen molar-refractivity contribution in [1.82, 2.24) is 4.98 Å². The molecule has 0 radical (unpaired) electrons. The van der Waals surface area contributed by atoms with Crippen molar-refractivity contribution in [1.29, 1.82) is 0 Å². The van der Waals surface area contributed by atoms with Crippen LogP contribution >= 0.6 is 15.9 Å². The van der Waals surface area contributed by atoms with Gasteiger partial charge in [-0.25, -0.2) is 9.78 Å². The highest BCUT2D eigenvalue weighted by atomic mass is 79.9. The normalized spacial score (nSPS) is 15.8. The van der Waals surface area contributed by atoms with Crippen LogP contribution in [0.1, 0.15) is 10.5 Å². The number of aromatic nitrogens is 1. The van der Waals surface area contributed by atoms with E-state index in [1.165, 1.54) is 7.11 Å². The van der Waals surface area contributed by atoms with Gasteiger partial charge in [0.1, 0.15) is 5.82 Å². The van der Waals surface area contributed by atoms with E-state index in [9.17, 15) is 4.79 Å². The summed E-state index contributed by atoms with van der Waals surface area (Å²) in [6, 6.07) is 3.69. The van der Waals surface area contributed by atoms with Crippen LogP contribution in [0.2, 0.25) is 0 Å². The number of ether oxygens (including phenoxy) is 2. The van der Waals surface area contributed by atoms with Gasteiger partial charge in [-0.15, -0.1) is 0 Å². The van der Waals surface area contributed by atoms with Gasteiger partial charge >= 0.3 is 5.97 Å². The second kappa shape index (κ2) is 5.46. The van der Waals surface area contributed by atoms with Gasteiger partial charge in [0.05, 0.1) is 24.8 Å². The molecule has 17 heavy (non-hydrogen) atoms. The fourth-order valence-corrected chi connectivity index (χ4v) is 2.02. The number of rotatable bonds is 2. The molecule has 92 valence electrons. The molecule has 6 heteroatoms. The van der Waals surface area contributed by atoms with E-state index in [2.05, 4.69) is 30.6 Å². The monoisotopic (exact) mass is 300 g/mol. The minimum atomic E-state index is -0.438. The van der Waals surface area contributed by atoms with Gasteiger partial charge in [-0.05, 0) is 28.1 Å². The molecule has 2 rings (SSSR count). The number of anilines is 1. The minimum Gasteiger partial charge on any atom is -0.464 e. The van der Waals surface area contributed by atoms with Crippen molar-refractivity contribution in [3.05, 3.63) is 22.3 Å². The Kier molecular flexibility index (Phi) is 3.96. The second-order valence-electron chi connectivity index (χ2n) is 3.59. The van der Waals surface area contributed by atoms with Crippen molar-refractivity contribution in [2.75, 3.05) is 38.3 Å². The van der Waals surface area contributed by atoms with Gasteiger partial charge in [-0.2, -0.15) is 0 Å². The van der Waals surface area contributed by atoms with E-state index in [-0.39, 0.29) is 0 Å². The average molecular weight is 301 g/mol. The highest BCUT2D eigenvalue weighted by molar-refractivity contribution is 9.10. The van der Waals surface area contributed by atoms with Gasteiger partial charge in [0.25, 0.3) is 0 Å². The Labute approximate surface area is 108 Å².